The van der Waals surface area contributed by atoms with Crippen LogP contribution < -0.4 is 16.8 Å². The van der Waals surface area contributed by atoms with Gasteiger partial charge in [0.15, 0.2) is 0 Å². The summed E-state index contributed by atoms with van der Waals surface area (Å²) in [6.45, 7) is 4.82. The highest BCUT2D eigenvalue weighted by Gasteiger charge is 2.48. The van der Waals surface area contributed by atoms with Crippen molar-refractivity contribution < 1.29 is 4.79 Å². The first kappa shape index (κ1) is 16.5. The first-order chi connectivity index (χ1) is 11.0. The van der Waals surface area contributed by atoms with Crippen LogP contribution in [0.2, 0.25) is 0 Å². The van der Waals surface area contributed by atoms with Gasteiger partial charge >= 0.3 is 0 Å². The number of rotatable bonds is 5. The van der Waals surface area contributed by atoms with Gasteiger partial charge in [-0.2, -0.15) is 0 Å². The van der Waals surface area contributed by atoms with Gasteiger partial charge in [0.05, 0.1) is 5.92 Å². The minimum atomic E-state index is -0.171. The molecule has 3 rings (SSSR count). The number of nitrogens with one attached hydrogen (secondary N) is 1. The molecule has 5 atom stereocenters. The summed E-state index contributed by atoms with van der Waals surface area (Å²) in [6.07, 6.45) is 3.47. The summed E-state index contributed by atoms with van der Waals surface area (Å²) in [7, 11) is 0. The Balaban J connectivity index is 1.54. The lowest BCUT2D eigenvalue weighted by atomic mass is 9.84. The number of hydrogen-bond acceptors (Lipinski definition) is 3. The molecule has 0 spiro atoms. The predicted molar refractivity (Wildman–Crippen MR) is 92.8 cm³/mol. The van der Waals surface area contributed by atoms with Crippen LogP contribution in [0.1, 0.15) is 56.2 Å². The van der Waals surface area contributed by atoms with Gasteiger partial charge in [-0.25, -0.2) is 0 Å². The smallest absolute Gasteiger partial charge is 0.225 e. The zero-order chi connectivity index (χ0) is 16.6. The van der Waals surface area contributed by atoms with Crippen LogP contribution in [0.4, 0.5) is 0 Å². The maximum Gasteiger partial charge on any atom is 0.225 e. The van der Waals surface area contributed by atoms with Crippen molar-refractivity contribution in [2.24, 2.45) is 29.2 Å². The highest BCUT2D eigenvalue weighted by Crippen LogP contribution is 2.47. The average molecular weight is 315 g/mol. The van der Waals surface area contributed by atoms with E-state index in [-0.39, 0.29) is 23.9 Å². The van der Waals surface area contributed by atoms with Crippen molar-refractivity contribution in [2.45, 2.75) is 51.1 Å². The lowest BCUT2D eigenvalue weighted by Crippen LogP contribution is -2.46. The van der Waals surface area contributed by atoms with Crippen LogP contribution in [-0.4, -0.2) is 18.5 Å². The van der Waals surface area contributed by atoms with E-state index in [2.05, 4.69) is 43.4 Å². The zero-order valence-electron chi connectivity index (χ0n) is 14.2. The van der Waals surface area contributed by atoms with E-state index in [4.69, 9.17) is 11.5 Å². The van der Waals surface area contributed by atoms with E-state index < -0.39 is 0 Å². The van der Waals surface area contributed by atoms with Crippen LogP contribution in [-0.2, 0) is 4.79 Å². The van der Waals surface area contributed by atoms with Crippen LogP contribution >= 0.6 is 0 Å². The highest BCUT2D eigenvalue weighted by molar-refractivity contribution is 5.80. The molecule has 5 N–H and O–H groups in total. The monoisotopic (exact) mass is 315 g/mol. The molecule has 0 saturated heterocycles. The minimum Gasteiger partial charge on any atom is -0.354 e. The van der Waals surface area contributed by atoms with Crippen molar-refractivity contribution in [3.05, 3.63) is 35.4 Å². The van der Waals surface area contributed by atoms with Gasteiger partial charge in [0.1, 0.15) is 0 Å². The van der Waals surface area contributed by atoms with Gasteiger partial charge in [-0.05, 0) is 48.1 Å². The number of carbonyl (C=O) groups is 1. The van der Waals surface area contributed by atoms with Gasteiger partial charge < -0.3 is 16.8 Å². The van der Waals surface area contributed by atoms with Crippen molar-refractivity contribution in [3.63, 3.8) is 0 Å². The molecular formula is C19H29N3O. The number of carbonyl (C=O) groups excluding carboxylic acids is 1. The molecule has 2 aliphatic carbocycles. The van der Waals surface area contributed by atoms with E-state index in [1.165, 1.54) is 12.0 Å². The molecule has 0 radical (unpaired) electrons. The fourth-order valence-electron chi connectivity index (χ4n) is 4.30. The molecule has 1 aromatic carbocycles. The lowest BCUT2D eigenvalue weighted by molar-refractivity contribution is -0.127. The zero-order valence-corrected chi connectivity index (χ0v) is 14.2. The average Bonchev–Trinajstić information content (AvgIpc) is 3.13. The van der Waals surface area contributed by atoms with E-state index >= 15 is 0 Å². The summed E-state index contributed by atoms with van der Waals surface area (Å²) in [5.74, 6) is 1.63. The van der Waals surface area contributed by atoms with Crippen LogP contribution in [0.5, 0.6) is 0 Å². The Hall–Kier alpha value is -1.39. The maximum absolute atomic E-state index is 12.5. The van der Waals surface area contributed by atoms with Crippen LogP contribution in [0, 0.1) is 17.8 Å². The second kappa shape index (κ2) is 6.62. The van der Waals surface area contributed by atoms with Crippen LogP contribution in [0.15, 0.2) is 24.3 Å². The molecule has 0 heterocycles. The van der Waals surface area contributed by atoms with E-state index in [9.17, 15) is 4.79 Å². The number of amides is 1. The summed E-state index contributed by atoms with van der Waals surface area (Å²) >= 11 is 0. The molecule has 23 heavy (non-hydrogen) atoms. The van der Waals surface area contributed by atoms with Crippen molar-refractivity contribution in [2.75, 3.05) is 6.54 Å². The molecule has 4 heteroatoms. The molecule has 4 nitrogen and oxygen atoms in total. The number of benzene rings is 1. The fraction of sp³-hybridized carbons (Fsp3) is 0.632. The summed E-state index contributed by atoms with van der Waals surface area (Å²) in [6, 6.07) is 8.23. The lowest BCUT2D eigenvalue weighted by Gasteiger charge is -2.27. The topological polar surface area (TPSA) is 81.1 Å². The predicted octanol–water partition coefficient (Wildman–Crippen LogP) is 2.30. The molecule has 126 valence electrons. The Labute approximate surface area is 139 Å². The van der Waals surface area contributed by atoms with Gasteiger partial charge in [-0.15, -0.1) is 0 Å². The van der Waals surface area contributed by atoms with Gasteiger partial charge in [0, 0.05) is 18.6 Å². The van der Waals surface area contributed by atoms with Gasteiger partial charge in [0.25, 0.3) is 0 Å². The second-order valence-corrected chi connectivity index (χ2v) is 7.61. The van der Waals surface area contributed by atoms with Gasteiger partial charge in [0.2, 0.25) is 5.91 Å². The molecule has 0 aromatic heterocycles. The highest BCUT2D eigenvalue weighted by atomic mass is 16.1. The summed E-state index contributed by atoms with van der Waals surface area (Å²) in [5.41, 5.74) is 14.8. The molecule has 2 fully saturated rings. The Morgan fingerprint density at radius 3 is 2.35 bits per heavy atom. The molecule has 2 aliphatic rings. The summed E-state index contributed by atoms with van der Waals surface area (Å²) < 4.78 is 0. The van der Waals surface area contributed by atoms with Gasteiger partial charge in [-0.3, -0.25) is 4.79 Å². The Bertz CT molecular complexity index is 552. The Kier molecular flexibility index (Phi) is 4.74. The van der Waals surface area contributed by atoms with Crippen molar-refractivity contribution in [1.29, 1.82) is 0 Å². The Morgan fingerprint density at radius 2 is 1.78 bits per heavy atom. The quantitative estimate of drug-likeness (QED) is 0.780. The SMILES string of the molecule is CC(C)c1ccc(C(N)CNC(=O)C2C3CCC(C3)C2N)cc1. The molecule has 2 saturated carbocycles. The maximum atomic E-state index is 12.5. The van der Waals surface area contributed by atoms with Crippen LogP contribution in [0.25, 0.3) is 0 Å². The molecule has 1 aromatic rings. The molecule has 2 bridgehead atoms. The third-order valence-corrected chi connectivity index (χ3v) is 5.81. The number of nitrogens with two attached hydrogens (primary N) is 2. The molecule has 1 amide bonds. The summed E-state index contributed by atoms with van der Waals surface area (Å²) in [5, 5.41) is 3.03. The molecular weight excluding hydrogens is 286 g/mol. The number of fused-ring (bicyclic) bond motifs is 2. The third-order valence-electron chi connectivity index (χ3n) is 5.81. The van der Waals surface area contributed by atoms with Crippen molar-refractivity contribution in [1.82, 2.24) is 5.32 Å². The van der Waals surface area contributed by atoms with E-state index in [0.29, 0.717) is 24.3 Å². The molecule has 5 unspecified atom stereocenters. The van der Waals surface area contributed by atoms with Gasteiger partial charge in [-0.1, -0.05) is 38.1 Å². The Morgan fingerprint density at radius 1 is 1.17 bits per heavy atom. The fourth-order valence-corrected chi connectivity index (χ4v) is 4.30. The van der Waals surface area contributed by atoms with E-state index in [1.807, 2.05) is 0 Å². The van der Waals surface area contributed by atoms with Crippen LogP contribution in [0.3, 0.4) is 0 Å². The first-order valence-electron chi connectivity index (χ1n) is 8.86. The standard InChI is InChI=1S/C19H29N3O/c1-11(2)12-3-5-13(6-4-12)16(20)10-22-19(23)17-14-7-8-15(9-14)18(17)21/h3-6,11,14-18H,7-10,20-21H2,1-2H3,(H,22,23). The normalized spacial score (nSPS) is 30.7. The molecule has 0 aliphatic heterocycles. The van der Waals surface area contributed by atoms with Crippen molar-refractivity contribution in [3.8, 4) is 0 Å². The third kappa shape index (κ3) is 3.29. The summed E-state index contributed by atoms with van der Waals surface area (Å²) in [4.78, 5) is 12.5. The van der Waals surface area contributed by atoms with E-state index in [1.54, 1.807) is 0 Å². The minimum absolute atomic E-state index is 0.00994. The van der Waals surface area contributed by atoms with E-state index in [0.717, 1.165) is 18.4 Å². The largest absolute Gasteiger partial charge is 0.354 e. The second-order valence-electron chi connectivity index (χ2n) is 7.61. The number of hydrogen-bond donors (Lipinski definition) is 3. The first-order valence-corrected chi connectivity index (χ1v) is 8.86. The van der Waals surface area contributed by atoms with Crippen molar-refractivity contribution >= 4 is 5.91 Å².